The van der Waals surface area contributed by atoms with E-state index in [2.05, 4.69) is 29.5 Å². The second kappa shape index (κ2) is 6.96. The Hall–Kier alpha value is -2.14. The highest BCUT2D eigenvalue weighted by Gasteiger charge is 2.37. The molecule has 1 fully saturated rings. The smallest absolute Gasteiger partial charge is 0.223 e. The summed E-state index contributed by atoms with van der Waals surface area (Å²) in [6, 6.07) is 12.5. The molecule has 1 aromatic heterocycles. The zero-order chi connectivity index (χ0) is 16.2. The lowest BCUT2D eigenvalue weighted by Gasteiger charge is -2.25. The molecule has 5 nitrogen and oxygen atoms in total. The van der Waals surface area contributed by atoms with Gasteiger partial charge in [-0.15, -0.1) is 0 Å². The topological polar surface area (TPSA) is 50.2 Å². The van der Waals surface area contributed by atoms with Crippen LogP contribution in [0.4, 0.5) is 0 Å². The first-order valence-electron chi connectivity index (χ1n) is 8.22. The number of nitrogens with zero attached hydrogens (tertiary/aromatic N) is 3. The van der Waals surface area contributed by atoms with Crippen LogP contribution in [-0.4, -0.2) is 34.2 Å². The maximum Gasteiger partial charge on any atom is 0.223 e. The molecule has 0 bridgehead atoms. The second-order valence-electron chi connectivity index (χ2n) is 6.09. The average molecular weight is 312 g/mol. The minimum atomic E-state index is 0.160. The van der Waals surface area contributed by atoms with Crippen molar-refractivity contribution in [3.8, 4) is 0 Å². The number of rotatable bonds is 6. The maximum absolute atomic E-state index is 12.1. The Morgan fingerprint density at radius 2 is 2.04 bits per heavy atom. The Kier molecular flexibility index (Phi) is 4.76. The summed E-state index contributed by atoms with van der Waals surface area (Å²) >= 11 is 0. The van der Waals surface area contributed by atoms with Crippen LogP contribution in [0.2, 0.25) is 0 Å². The summed E-state index contributed by atoms with van der Waals surface area (Å²) < 4.78 is 1.99. The van der Waals surface area contributed by atoms with Crippen LogP contribution in [0.25, 0.3) is 0 Å². The number of nitrogens with one attached hydrogen (secondary N) is 1. The molecular formula is C18H24N4O. The highest BCUT2D eigenvalue weighted by Crippen LogP contribution is 2.36. The first-order chi connectivity index (χ1) is 11.2. The number of hydrogen-bond acceptors (Lipinski definition) is 3. The fourth-order valence-corrected chi connectivity index (χ4v) is 3.46. The molecule has 1 aliphatic rings. The predicted molar refractivity (Wildman–Crippen MR) is 89.7 cm³/mol. The summed E-state index contributed by atoms with van der Waals surface area (Å²) in [5.41, 5.74) is 2.40. The summed E-state index contributed by atoms with van der Waals surface area (Å²) in [6.45, 7) is 4.57. The molecular weight excluding hydrogens is 288 g/mol. The Morgan fingerprint density at radius 3 is 2.78 bits per heavy atom. The lowest BCUT2D eigenvalue weighted by atomic mass is 9.93. The average Bonchev–Trinajstić information content (AvgIpc) is 3.13. The van der Waals surface area contributed by atoms with Crippen molar-refractivity contribution in [2.24, 2.45) is 5.92 Å². The quantitative estimate of drug-likeness (QED) is 0.890. The minimum absolute atomic E-state index is 0.160. The molecule has 1 amide bonds. The van der Waals surface area contributed by atoms with Crippen LogP contribution in [-0.2, 0) is 17.9 Å². The van der Waals surface area contributed by atoms with Crippen LogP contribution < -0.4 is 5.32 Å². The number of amides is 1. The molecule has 0 aliphatic carbocycles. The Morgan fingerprint density at radius 1 is 1.26 bits per heavy atom. The van der Waals surface area contributed by atoms with Gasteiger partial charge in [-0.25, -0.2) is 0 Å². The lowest BCUT2D eigenvalue weighted by Crippen LogP contribution is -2.29. The van der Waals surface area contributed by atoms with E-state index in [0.717, 1.165) is 19.6 Å². The zero-order valence-electron chi connectivity index (χ0n) is 13.8. The first-order valence-corrected chi connectivity index (χ1v) is 8.22. The minimum Gasteiger partial charge on any atom is -0.338 e. The number of benzene rings is 1. The molecule has 1 saturated heterocycles. The maximum atomic E-state index is 12.1. The first kappa shape index (κ1) is 15.7. The van der Waals surface area contributed by atoms with Crippen molar-refractivity contribution in [1.82, 2.24) is 20.0 Å². The van der Waals surface area contributed by atoms with Crippen molar-refractivity contribution in [1.29, 1.82) is 0 Å². The number of aromatic nitrogens is 2. The van der Waals surface area contributed by atoms with Gasteiger partial charge < -0.3 is 10.2 Å². The predicted octanol–water partition coefficient (Wildman–Crippen LogP) is 2.21. The van der Waals surface area contributed by atoms with E-state index in [1.807, 2.05) is 47.1 Å². The van der Waals surface area contributed by atoms with Gasteiger partial charge in [-0.2, -0.15) is 5.10 Å². The number of hydrogen-bond donors (Lipinski definition) is 1. The zero-order valence-corrected chi connectivity index (χ0v) is 13.8. The van der Waals surface area contributed by atoms with Crippen LogP contribution in [0.5, 0.6) is 0 Å². The number of likely N-dealkylation sites (tertiary alicyclic amines) is 1. The van der Waals surface area contributed by atoms with Gasteiger partial charge in [0.25, 0.3) is 0 Å². The third kappa shape index (κ3) is 3.29. The van der Waals surface area contributed by atoms with Gasteiger partial charge >= 0.3 is 0 Å². The van der Waals surface area contributed by atoms with Crippen LogP contribution in [0.1, 0.15) is 30.6 Å². The van der Waals surface area contributed by atoms with Crippen LogP contribution in [0.3, 0.4) is 0 Å². The van der Waals surface area contributed by atoms with Crippen molar-refractivity contribution in [2.45, 2.75) is 32.5 Å². The molecule has 3 rings (SSSR count). The SMILES string of the molecule is CCn1nccc1CNC[C@H]1CC(=O)N(C)[C@@H]1c1ccccc1. The molecule has 5 heteroatoms. The molecule has 122 valence electrons. The fraction of sp³-hybridized carbons (Fsp3) is 0.444. The summed E-state index contributed by atoms with van der Waals surface area (Å²) in [7, 11) is 1.91. The van der Waals surface area contributed by atoms with E-state index in [4.69, 9.17) is 0 Å². The van der Waals surface area contributed by atoms with Gasteiger partial charge in [-0.05, 0) is 18.6 Å². The normalized spacial score (nSPS) is 21.1. The van der Waals surface area contributed by atoms with E-state index in [0.29, 0.717) is 12.3 Å². The largest absolute Gasteiger partial charge is 0.338 e. The van der Waals surface area contributed by atoms with Crippen molar-refractivity contribution in [3.05, 3.63) is 53.9 Å². The summed E-state index contributed by atoms with van der Waals surface area (Å²) in [6.07, 6.45) is 2.44. The monoisotopic (exact) mass is 312 g/mol. The van der Waals surface area contributed by atoms with Crippen molar-refractivity contribution in [3.63, 3.8) is 0 Å². The molecule has 0 radical (unpaired) electrons. The Bertz CT molecular complexity index is 652. The van der Waals surface area contributed by atoms with E-state index in [9.17, 15) is 4.79 Å². The van der Waals surface area contributed by atoms with Gasteiger partial charge in [-0.3, -0.25) is 9.48 Å². The van der Waals surface area contributed by atoms with E-state index in [1.165, 1.54) is 11.3 Å². The van der Waals surface area contributed by atoms with Crippen LogP contribution in [0.15, 0.2) is 42.6 Å². The molecule has 0 saturated carbocycles. The third-order valence-electron chi connectivity index (χ3n) is 4.65. The van der Waals surface area contributed by atoms with Gasteiger partial charge in [0.1, 0.15) is 0 Å². The molecule has 2 atom stereocenters. The highest BCUT2D eigenvalue weighted by atomic mass is 16.2. The van der Waals surface area contributed by atoms with Gasteiger partial charge in [0.2, 0.25) is 5.91 Å². The number of carbonyl (C=O) groups excluding carboxylic acids is 1. The molecule has 23 heavy (non-hydrogen) atoms. The second-order valence-corrected chi connectivity index (χ2v) is 6.09. The lowest BCUT2D eigenvalue weighted by molar-refractivity contribution is -0.127. The molecule has 0 unspecified atom stereocenters. The molecule has 2 heterocycles. The third-order valence-corrected chi connectivity index (χ3v) is 4.65. The van der Waals surface area contributed by atoms with Gasteiger partial charge in [0.15, 0.2) is 0 Å². The number of aryl methyl sites for hydroxylation is 1. The van der Waals surface area contributed by atoms with Crippen LogP contribution in [0, 0.1) is 5.92 Å². The summed E-state index contributed by atoms with van der Waals surface area (Å²) in [5.74, 6) is 0.525. The van der Waals surface area contributed by atoms with Crippen molar-refractivity contribution >= 4 is 5.91 Å². The standard InChI is InChI=1S/C18H24N4O/c1-3-22-16(9-10-20-22)13-19-12-15-11-17(23)21(2)18(15)14-7-5-4-6-8-14/h4-10,15,18-19H,3,11-13H2,1-2H3/t15-,18-/m1/s1. The Labute approximate surface area is 137 Å². The highest BCUT2D eigenvalue weighted by molar-refractivity contribution is 5.79. The molecule has 0 spiro atoms. The molecule has 1 N–H and O–H groups in total. The summed E-state index contributed by atoms with van der Waals surface area (Å²) in [5, 5.41) is 7.79. The van der Waals surface area contributed by atoms with Gasteiger partial charge in [0.05, 0.1) is 11.7 Å². The van der Waals surface area contributed by atoms with Gasteiger partial charge in [0, 0.05) is 45.2 Å². The number of carbonyl (C=O) groups is 1. The van der Waals surface area contributed by atoms with Crippen LogP contribution >= 0.6 is 0 Å². The van der Waals surface area contributed by atoms with Crippen molar-refractivity contribution in [2.75, 3.05) is 13.6 Å². The van der Waals surface area contributed by atoms with E-state index in [-0.39, 0.29) is 11.9 Å². The van der Waals surface area contributed by atoms with E-state index >= 15 is 0 Å². The molecule has 1 aromatic carbocycles. The van der Waals surface area contributed by atoms with E-state index < -0.39 is 0 Å². The van der Waals surface area contributed by atoms with E-state index in [1.54, 1.807) is 0 Å². The Balaban J connectivity index is 1.65. The summed E-state index contributed by atoms with van der Waals surface area (Å²) in [4.78, 5) is 14.0. The van der Waals surface area contributed by atoms with Gasteiger partial charge in [-0.1, -0.05) is 30.3 Å². The fourth-order valence-electron chi connectivity index (χ4n) is 3.46. The molecule has 1 aliphatic heterocycles. The molecule has 2 aromatic rings. The van der Waals surface area contributed by atoms with Crippen molar-refractivity contribution < 1.29 is 4.79 Å².